The van der Waals surface area contributed by atoms with Gasteiger partial charge in [0.25, 0.3) is 0 Å². The van der Waals surface area contributed by atoms with Crippen molar-refractivity contribution in [1.29, 1.82) is 0 Å². The van der Waals surface area contributed by atoms with E-state index in [9.17, 15) is 14.0 Å². The highest BCUT2D eigenvalue weighted by Gasteiger charge is 2.53. The number of hydrogen-bond acceptors (Lipinski definition) is 4. The van der Waals surface area contributed by atoms with Crippen LogP contribution in [-0.2, 0) is 9.59 Å². The van der Waals surface area contributed by atoms with E-state index in [1.807, 2.05) is 0 Å². The maximum Gasteiger partial charge on any atom is 0.231 e. The molecule has 0 aromatic carbocycles. The Balaban J connectivity index is 1.98. The third kappa shape index (κ3) is 2.20. The van der Waals surface area contributed by atoms with E-state index in [0.717, 1.165) is 0 Å². The molecule has 1 aromatic rings. The summed E-state index contributed by atoms with van der Waals surface area (Å²) in [5.41, 5.74) is -0.177. The van der Waals surface area contributed by atoms with Crippen LogP contribution < -0.4 is 5.32 Å². The molecule has 2 heterocycles. The van der Waals surface area contributed by atoms with Crippen molar-refractivity contribution in [3.05, 3.63) is 28.7 Å². The van der Waals surface area contributed by atoms with Gasteiger partial charge in [-0.3, -0.25) is 9.59 Å². The minimum atomic E-state index is -1.29. The van der Waals surface area contributed by atoms with Gasteiger partial charge >= 0.3 is 0 Å². The summed E-state index contributed by atoms with van der Waals surface area (Å²) in [4.78, 5) is 22.9. The van der Waals surface area contributed by atoms with Crippen molar-refractivity contribution in [2.24, 2.45) is 0 Å². The highest BCUT2D eigenvalue weighted by atomic mass is 35.5. The van der Waals surface area contributed by atoms with E-state index in [-0.39, 0.29) is 34.8 Å². The lowest BCUT2D eigenvalue weighted by atomic mass is 10.0. The lowest BCUT2D eigenvalue weighted by Gasteiger charge is -2.12. The van der Waals surface area contributed by atoms with Gasteiger partial charge in [0.1, 0.15) is 5.67 Å². The van der Waals surface area contributed by atoms with Gasteiger partial charge in [-0.1, -0.05) is 11.6 Å². The second-order valence-electron chi connectivity index (χ2n) is 5.24. The van der Waals surface area contributed by atoms with E-state index >= 15 is 0 Å². The molecule has 1 unspecified atom stereocenters. The zero-order valence-electron chi connectivity index (χ0n) is 10.6. The molecule has 2 atom stereocenters. The van der Waals surface area contributed by atoms with Gasteiger partial charge in [0, 0.05) is 12.1 Å². The van der Waals surface area contributed by atoms with E-state index in [2.05, 4.69) is 15.5 Å². The van der Waals surface area contributed by atoms with Crippen molar-refractivity contribution < 1.29 is 14.0 Å². The van der Waals surface area contributed by atoms with Gasteiger partial charge in [-0.05, 0) is 25.0 Å². The second kappa shape index (κ2) is 4.34. The Morgan fingerprint density at radius 3 is 2.75 bits per heavy atom. The number of carbonyl (C=O) groups excluding carboxylic acids is 2. The molecule has 1 saturated carbocycles. The van der Waals surface area contributed by atoms with E-state index in [0.29, 0.717) is 17.7 Å². The minimum absolute atomic E-state index is 0.146. The van der Waals surface area contributed by atoms with Crippen molar-refractivity contribution in [3.63, 3.8) is 0 Å². The Hall–Kier alpha value is -1.82. The van der Waals surface area contributed by atoms with Gasteiger partial charge in [0.2, 0.25) is 5.91 Å². The lowest BCUT2D eigenvalue weighted by molar-refractivity contribution is -0.125. The van der Waals surface area contributed by atoms with Crippen LogP contribution in [0.3, 0.4) is 0 Å². The number of aromatic nitrogens is 2. The van der Waals surface area contributed by atoms with Crippen LogP contribution in [0.1, 0.15) is 36.9 Å². The molecule has 0 bridgehead atoms. The molecule has 0 radical (unpaired) electrons. The molecule has 104 valence electrons. The third-order valence-corrected chi connectivity index (χ3v) is 3.89. The van der Waals surface area contributed by atoms with Gasteiger partial charge in [-0.15, -0.1) is 10.2 Å². The van der Waals surface area contributed by atoms with Crippen LogP contribution in [0.25, 0.3) is 5.57 Å². The number of nitrogens with one attached hydrogen (secondary N) is 1. The van der Waals surface area contributed by atoms with Crippen molar-refractivity contribution in [2.75, 3.05) is 0 Å². The molecule has 5 nitrogen and oxygen atoms in total. The molecular weight excluding hydrogens is 285 g/mol. The number of alkyl halides is 1. The van der Waals surface area contributed by atoms with E-state index in [1.54, 1.807) is 6.07 Å². The van der Waals surface area contributed by atoms with Crippen molar-refractivity contribution in [1.82, 2.24) is 15.5 Å². The molecular formula is C13H11ClFN3O2. The fraction of sp³-hybridized carbons (Fsp3) is 0.385. The molecule has 20 heavy (non-hydrogen) atoms. The number of halogens is 2. The molecule has 1 aromatic heterocycles. The monoisotopic (exact) mass is 295 g/mol. The van der Waals surface area contributed by atoms with E-state index in [4.69, 9.17) is 11.6 Å². The van der Waals surface area contributed by atoms with Crippen LogP contribution in [0, 0.1) is 0 Å². The zero-order valence-corrected chi connectivity index (χ0v) is 11.4. The number of allylic oxidation sites excluding steroid dienone is 1. The predicted molar refractivity (Wildman–Crippen MR) is 69.7 cm³/mol. The van der Waals surface area contributed by atoms with Crippen LogP contribution in [-0.4, -0.2) is 27.6 Å². The fourth-order valence-electron chi connectivity index (χ4n) is 2.28. The third-order valence-electron chi connectivity index (χ3n) is 3.60. The van der Waals surface area contributed by atoms with E-state index in [1.165, 1.54) is 13.1 Å². The van der Waals surface area contributed by atoms with Gasteiger partial charge in [-0.2, -0.15) is 0 Å². The summed E-state index contributed by atoms with van der Waals surface area (Å²) < 4.78 is 13.8. The topological polar surface area (TPSA) is 72.0 Å². The molecule has 2 aliphatic rings. The van der Waals surface area contributed by atoms with Crippen LogP contribution in [0.15, 0.2) is 12.3 Å². The predicted octanol–water partition coefficient (Wildman–Crippen LogP) is 1.78. The van der Waals surface area contributed by atoms with Crippen molar-refractivity contribution in [3.8, 4) is 0 Å². The Labute approximate surface area is 119 Å². The smallest absolute Gasteiger partial charge is 0.231 e. The SMILES string of the molecule is CC1(F)C[C@@H]1c1cc(C2=CNC(=O)CC2=O)nnc1Cl. The lowest BCUT2D eigenvalue weighted by Crippen LogP contribution is -2.27. The summed E-state index contributed by atoms with van der Waals surface area (Å²) in [6, 6.07) is 1.58. The van der Waals surface area contributed by atoms with Crippen molar-refractivity contribution >= 4 is 28.9 Å². The number of hydrogen-bond donors (Lipinski definition) is 1. The number of carbonyl (C=O) groups is 2. The summed E-state index contributed by atoms with van der Waals surface area (Å²) in [6.45, 7) is 1.50. The first-order valence-corrected chi connectivity index (χ1v) is 6.51. The molecule has 1 fully saturated rings. The first kappa shape index (κ1) is 13.2. The summed E-state index contributed by atoms with van der Waals surface area (Å²) in [5.74, 6) is -1.02. The zero-order chi connectivity index (χ0) is 14.5. The normalized spacial score (nSPS) is 28.9. The van der Waals surface area contributed by atoms with Crippen LogP contribution in [0.5, 0.6) is 0 Å². The largest absolute Gasteiger partial charge is 0.331 e. The maximum atomic E-state index is 13.8. The Morgan fingerprint density at radius 1 is 1.45 bits per heavy atom. The van der Waals surface area contributed by atoms with Crippen LogP contribution in [0.2, 0.25) is 5.15 Å². The molecule has 7 heteroatoms. The second-order valence-corrected chi connectivity index (χ2v) is 5.59. The average molecular weight is 296 g/mol. The minimum Gasteiger partial charge on any atom is -0.331 e. The van der Waals surface area contributed by atoms with Crippen molar-refractivity contribution in [2.45, 2.75) is 31.4 Å². The highest BCUT2D eigenvalue weighted by molar-refractivity contribution is 6.30. The van der Waals surface area contributed by atoms with E-state index < -0.39 is 5.67 Å². The molecule has 3 rings (SSSR count). The van der Waals surface area contributed by atoms with Gasteiger partial charge < -0.3 is 5.32 Å². The highest BCUT2D eigenvalue weighted by Crippen LogP contribution is 2.55. The first-order valence-electron chi connectivity index (χ1n) is 6.13. The average Bonchev–Trinajstić information content (AvgIpc) is 2.99. The van der Waals surface area contributed by atoms with Gasteiger partial charge in [0.05, 0.1) is 17.7 Å². The number of nitrogens with zero attached hydrogens (tertiary/aromatic N) is 2. The summed E-state index contributed by atoms with van der Waals surface area (Å²) in [5, 5.41) is 10.2. The van der Waals surface area contributed by atoms with Crippen LogP contribution in [0.4, 0.5) is 4.39 Å². The number of amides is 1. The maximum absolute atomic E-state index is 13.8. The summed E-state index contributed by atoms with van der Waals surface area (Å²) >= 11 is 5.94. The number of rotatable bonds is 2. The molecule has 0 spiro atoms. The summed E-state index contributed by atoms with van der Waals surface area (Å²) in [6.07, 6.45) is 1.45. The standard InChI is InChI=1S/C13H11ClFN3O2/c1-13(15)4-8(13)6-2-9(17-18-12(6)14)7-5-16-11(20)3-10(7)19/h2,5,8H,3-4H2,1H3,(H,16,20)/t8-,13?/m1/s1. The Morgan fingerprint density at radius 2 is 2.15 bits per heavy atom. The Bertz CT molecular complexity index is 657. The quantitative estimate of drug-likeness (QED) is 0.844. The molecule has 1 amide bonds. The molecule has 1 aliphatic heterocycles. The molecule has 0 saturated heterocycles. The van der Waals surface area contributed by atoms with Gasteiger partial charge in [0.15, 0.2) is 10.9 Å². The van der Waals surface area contributed by atoms with Gasteiger partial charge in [-0.25, -0.2) is 4.39 Å². The molecule has 1 N–H and O–H groups in total. The Kier molecular flexibility index (Phi) is 2.86. The first-order chi connectivity index (χ1) is 9.38. The number of Topliss-reactive ketones (excluding diaryl/α,β-unsaturated/α-hetero) is 1. The fourth-order valence-corrected chi connectivity index (χ4v) is 2.51. The number of ketones is 1. The van der Waals surface area contributed by atoms with Crippen LogP contribution >= 0.6 is 11.6 Å². The molecule has 1 aliphatic carbocycles. The summed E-state index contributed by atoms with van der Waals surface area (Å²) in [7, 11) is 0.